The van der Waals surface area contributed by atoms with Gasteiger partial charge in [0.15, 0.2) is 0 Å². The van der Waals surface area contributed by atoms with Crippen molar-refractivity contribution in [3.63, 3.8) is 0 Å². The number of nitrogens with zero attached hydrogens (tertiary/aromatic N) is 3. The third kappa shape index (κ3) is 4.56. The number of rotatable bonds is 6. The predicted molar refractivity (Wildman–Crippen MR) is 115 cm³/mol. The molecule has 0 atom stereocenters. The number of anilines is 1. The van der Waals surface area contributed by atoms with Gasteiger partial charge in [0.2, 0.25) is 11.8 Å². The summed E-state index contributed by atoms with van der Waals surface area (Å²) in [5.41, 5.74) is 1.37. The minimum Gasteiger partial charge on any atom is -0.329 e. The van der Waals surface area contributed by atoms with Gasteiger partial charge in [0.05, 0.1) is 5.56 Å². The molecule has 0 bridgehead atoms. The summed E-state index contributed by atoms with van der Waals surface area (Å²) >= 11 is 6.17. The van der Waals surface area contributed by atoms with Crippen LogP contribution in [0.1, 0.15) is 28.8 Å². The zero-order valence-corrected chi connectivity index (χ0v) is 17.9. The molecule has 2 aromatic carbocycles. The molecule has 2 aliphatic rings. The highest BCUT2D eigenvalue weighted by molar-refractivity contribution is 6.31. The smallest absolute Gasteiger partial charge is 0.257 e. The lowest BCUT2D eigenvalue weighted by Gasteiger charge is -2.25. The normalized spacial score (nSPS) is 16.0. The lowest BCUT2D eigenvalue weighted by atomic mass is 10.1. The van der Waals surface area contributed by atoms with Crippen LogP contribution in [0.25, 0.3) is 0 Å². The van der Waals surface area contributed by atoms with E-state index in [0.29, 0.717) is 23.2 Å². The molecule has 2 fully saturated rings. The topological polar surface area (TPSA) is 60.9 Å². The molecule has 3 amide bonds. The maximum atomic E-state index is 14.1. The van der Waals surface area contributed by atoms with Crippen molar-refractivity contribution in [3.05, 3.63) is 64.4 Å². The van der Waals surface area contributed by atoms with Crippen molar-refractivity contribution in [1.82, 2.24) is 9.80 Å². The monoisotopic (exact) mass is 443 g/mol. The Hall–Kier alpha value is -2.93. The molecule has 0 aromatic heterocycles. The first-order chi connectivity index (χ1) is 14.8. The van der Waals surface area contributed by atoms with Gasteiger partial charge in [-0.3, -0.25) is 19.3 Å². The zero-order valence-electron chi connectivity index (χ0n) is 17.2. The molecule has 31 heavy (non-hydrogen) atoms. The van der Waals surface area contributed by atoms with E-state index in [1.807, 2.05) is 6.92 Å². The second kappa shape index (κ2) is 8.67. The lowest BCUT2D eigenvalue weighted by Crippen LogP contribution is -2.43. The second-order valence-corrected chi connectivity index (χ2v) is 8.45. The minimum atomic E-state index is -0.611. The van der Waals surface area contributed by atoms with Crippen LogP contribution in [-0.2, 0) is 9.59 Å². The summed E-state index contributed by atoms with van der Waals surface area (Å²) in [4.78, 5) is 42.8. The van der Waals surface area contributed by atoms with E-state index in [2.05, 4.69) is 0 Å². The first-order valence-electron chi connectivity index (χ1n) is 10.2. The molecule has 1 aliphatic heterocycles. The number of halogens is 2. The minimum absolute atomic E-state index is 0.0513. The third-order valence-corrected chi connectivity index (χ3v) is 6.12. The fraction of sp³-hybridized carbons (Fsp3) is 0.348. The van der Waals surface area contributed by atoms with Gasteiger partial charge >= 0.3 is 0 Å². The van der Waals surface area contributed by atoms with Gasteiger partial charge in [-0.25, -0.2) is 4.39 Å². The SMILES string of the molecule is Cc1c(Cl)cccc1N1CN(C(=O)CN(CC2CC2)C(=O)c2ccccc2F)CC1=O. The molecule has 0 radical (unpaired) electrons. The van der Waals surface area contributed by atoms with Gasteiger partial charge in [0.25, 0.3) is 5.91 Å². The van der Waals surface area contributed by atoms with Gasteiger partial charge in [-0.1, -0.05) is 29.8 Å². The average molecular weight is 444 g/mol. The van der Waals surface area contributed by atoms with E-state index >= 15 is 0 Å². The van der Waals surface area contributed by atoms with E-state index in [9.17, 15) is 18.8 Å². The van der Waals surface area contributed by atoms with E-state index in [-0.39, 0.29) is 37.1 Å². The molecule has 1 saturated carbocycles. The summed E-state index contributed by atoms with van der Waals surface area (Å²) in [6.07, 6.45) is 1.97. The largest absolute Gasteiger partial charge is 0.329 e. The van der Waals surface area contributed by atoms with Gasteiger partial charge in [-0.05, 0) is 55.5 Å². The molecule has 0 N–H and O–H groups in total. The van der Waals surface area contributed by atoms with E-state index in [1.54, 1.807) is 24.3 Å². The molecule has 4 rings (SSSR count). The van der Waals surface area contributed by atoms with Crippen LogP contribution in [0, 0.1) is 18.7 Å². The van der Waals surface area contributed by atoms with Crippen LogP contribution in [0.15, 0.2) is 42.5 Å². The Balaban J connectivity index is 1.49. The Bertz CT molecular complexity index is 1040. The molecular weight excluding hydrogens is 421 g/mol. The van der Waals surface area contributed by atoms with Crippen molar-refractivity contribution < 1.29 is 18.8 Å². The molecule has 2 aromatic rings. The van der Waals surface area contributed by atoms with Crippen molar-refractivity contribution in [3.8, 4) is 0 Å². The van der Waals surface area contributed by atoms with Crippen LogP contribution in [0.5, 0.6) is 0 Å². The van der Waals surface area contributed by atoms with Gasteiger partial charge in [0, 0.05) is 17.3 Å². The van der Waals surface area contributed by atoms with Crippen LogP contribution in [0.4, 0.5) is 10.1 Å². The number of hydrogen-bond donors (Lipinski definition) is 0. The molecule has 6 nitrogen and oxygen atoms in total. The Morgan fingerprint density at radius 3 is 2.61 bits per heavy atom. The first kappa shape index (κ1) is 21.3. The van der Waals surface area contributed by atoms with Gasteiger partial charge in [0.1, 0.15) is 25.6 Å². The number of hydrogen-bond acceptors (Lipinski definition) is 3. The first-order valence-corrected chi connectivity index (χ1v) is 10.6. The van der Waals surface area contributed by atoms with E-state index in [1.165, 1.54) is 32.9 Å². The Morgan fingerprint density at radius 1 is 1.16 bits per heavy atom. The maximum absolute atomic E-state index is 14.1. The van der Waals surface area contributed by atoms with Gasteiger partial charge in [-0.2, -0.15) is 0 Å². The summed E-state index contributed by atoms with van der Waals surface area (Å²) in [5.74, 6) is -1.35. The van der Waals surface area contributed by atoms with E-state index < -0.39 is 11.7 Å². The molecule has 0 spiro atoms. The summed E-state index contributed by atoms with van der Waals surface area (Å²) in [5, 5.41) is 0.543. The highest BCUT2D eigenvalue weighted by Crippen LogP contribution is 2.31. The van der Waals surface area contributed by atoms with Crippen molar-refractivity contribution in [2.45, 2.75) is 19.8 Å². The summed E-state index contributed by atoms with van der Waals surface area (Å²) in [6.45, 7) is 2.04. The maximum Gasteiger partial charge on any atom is 0.257 e. The van der Waals surface area contributed by atoms with E-state index in [0.717, 1.165) is 18.4 Å². The van der Waals surface area contributed by atoms with Gasteiger partial charge < -0.3 is 9.80 Å². The van der Waals surface area contributed by atoms with Crippen molar-refractivity contribution in [1.29, 1.82) is 0 Å². The zero-order chi connectivity index (χ0) is 22.1. The fourth-order valence-electron chi connectivity index (χ4n) is 3.71. The van der Waals surface area contributed by atoms with Crippen molar-refractivity contribution >= 4 is 35.0 Å². The summed E-state index contributed by atoms with van der Waals surface area (Å²) in [7, 11) is 0. The highest BCUT2D eigenvalue weighted by Gasteiger charge is 2.35. The molecule has 0 unspecified atom stereocenters. The van der Waals surface area contributed by atoms with Crippen molar-refractivity contribution in [2.75, 3.05) is 31.2 Å². The standard InChI is InChI=1S/C23H23ClFN3O3/c1-15-18(24)6-4-8-20(15)28-14-27(13-22(28)30)21(29)12-26(11-16-9-10-16)23(31)17-5-2-3-7-19(17)25/h2-8,16H,9-14H2,1H3. The number of carbonyl (C=O) groups excluding carboxylic acids is 3. The number of amides is 3. The van der Waals surface area contributed by atoms with Crippen molar-refractivity contribution in [2.24, 2.45) is 5.92 Å². The number of benzene rings is 2. The Kier molecular flexibility index (Phi) is 5.96. The Labute approximate surface area is 185 Å². The molecule has 1 heterocycles. The summed E-state index contributed by atoms with van der Waals surface area (Å²) in [6, 6.07) is 11.1. The van der Waals surface area contributed by atoms with Crippen LogP contribution in [0.3, 0.4) is 0 Å². The molecular formula is C23H23ClFN3O3. The van der Waals surface area contributed by atoms with E-state index in [4.69, 9.17) is 11.6 Å². The summed E-state index contributed by atoms with van der Waals surface area (Å²) < 4.78 is 14.1. The number of carbonyl (C=O) groups is 3. The van der Waals surface area contributed by atoms with Crippen LogP contribution in [-0.4, -0.2) is 53.8 Å². The van der Waals surface area contributed by atoms with Gasteiger partial charge in [-0.15, -0.1) is 0 Å². The average Bonchev–Trinajstić information content (AvgIpc) is 3.48. The van der Waals surface area contributed by atoms with Crippen LogP contribution >= 0.6 is 11.6 Å². The van der Waals surface area contributed by atoms with Crippen LogP contribution < -0.4 is 4.90 Å². The Morgan fingerprint density at radius 2 is 1.90 bits per heavy atom. The third-order valence-electron chi connectivity index (χ3n) is 5.72. The van der Waals surface area contributed by atoms with Crippen LogP contribution in [0.2, 0.25) is 5.02 Å². The highest BCUT2D eigenvalue weighted by atomic mass is 35.5. The predicted octanol–water partition coefficient (Wildman–Crippen LogP) is 3.47. The molecule has 162 valence electrons. The molecule has 1 aliphatic carbocycles. The second-order valence-electron chi connectivity index (χ2n) is 8.05. The quantitative estimate of drug-likeness (QED) is 0.686. The fourth-order valence-corrected chi connectivity index (χ4v) is 3.88. The molecule has 1 saturated heterocycles. The lowest BCUT2D eigenvalue weighted by molar-refractivity contribution is -0.132. The molecule has 8 heteroatoms.